The fourth-order valence-corrected chi connectivity index (χ4v) is 4.96. The molecule has 0 aromatic heterocycles. The Balaban J connectivity index is 1.57. The first-order chi connectivity index (χ1) is 14.9. The van der Waals surface area contributed by atoms with E-state index in [0.717, 1.165) is 41.9 Å². The van der Waals surface area contributed by atoms with Gasteiger partial charge >= 0.3 is 0 Å². The van der Waals surface area contributed by atoms with Crippen LogP contribution < -0.4 is 20.2 Å². The molecule has 0 aliphatic carbocycles. The van der Waals surface area contributed by atoms with Crippen molar-refractivity contribution in [2.45, 2.75) is 45.4 Å². The Morgan fingerprint density at radius 2 is 1.81 bits per heavy atom. The largest absolute Gasteiger partial charge is 0.368 e. The molecule has 2 atom stereocenters. The number of carbonyl (C=O) groups is 2. The van der Waals surface area contributed by atoms with Gasteiger partial charge < -0.3 is 19.5 Å². The van der Waals surface area contributed by atoms with Gasteiger partial charge in [-0.25, -0.2) is 5.43 Å². The van der Waals surface area contributed by atoms with Crippen molar-refractivity contribution < 1.29 is 14.3 Å². The molecule has 3 aliphatic rings. The second kappa shape index (κ2) is 7.66. The predicted octanol–water partition coefficient (Wildman–Crippen LogP) is 3.08. The molecule has 0 radical (unpaired) electrons. The van der Waals surface area contributed by atoms with Gasteiger partial charge in [-0.1, -0.05) is 12.1 Å². The summed E-state index contributed by atoms with van der Waals surface area (Å²) in [5.41, 5.74) is 9.41. The van der Waals surface area contributed by atoms with E-state index < -0.39 is 6.10 Å². The SMILES string of the molecule is CC(=O)N1c2ccc(-c3ccc4c(c3)CNN4C)cc2N(C(=O)C2CCCO2)CC1C. The van der Waals surface area contributed by atoms with E-state index in [1.54, 1.807) is 11.8 Å². The lowest BCUT2D eigenvalue weighted by atomic mass is 9.98. The maximum atomic E-state index is 13.3. The van der Waals surface area contributed by atoms with Crippen LogP contribution in [0.4, 0.5) is 17.1 Å². The van der Waals surface area contributed by atoms with E-state index >= 15 is 0 Å². The van der Waals surface area contributed by atoms with Crippen LogP contribution in [0, 0.1) is 0 Å². The molecule has 7 nitrogen and oxygen atoms in total. The standard InChI is InChI=1S/C24H28N4O3/c1-15-14-27(24(30)23-5-4-10-31-23)22-12-18(7-9-21(22)28(15)16(2)29)17-6-8-20-19(11-17)13-25-26(20)3/h6-9,11-12,15,23,25H,4-5,10,13-14H2,1-3H3. The minimum Gasteiger partial charge on any atom is -0.368 e. The molecule has 0 spiro atoms. The van der Waals surface area contributed by atoms with Gasteiger partial charge in [0.2, 0.25) is 5.91 Å². The van der Waals surface area contributed by atoms with E-state index in [9.17, 15) is 9.59 Å². The summed E-state index contributed by atoms with van der Waals surface area (Å²) in [7, 11) is 2.01. The highest BCUT2D eigenvalue weighted by molar-refractivity contribution is 6.06. The van der Waals surface area contributed by atoms with Crippen LogP contribution in [0.2, 0.25) is 0 Å². The number of fused-ring (bicyclic) bond motifs is 2. The molecule has 7 heteroatoms. The highest BCUT2D eigenvalue weighted by atomic mass is 16.5. The van der Waals surface area contributed by atoms with Crippen molar-refractivity contribution in [3.8, 4) is 11.1 Å². The molecule has 3 aliphatic heterocycles. The summed E-state index contributed by atoms with van der Waals surface area (Å²) in [5, 5.41) is 2.03. The van der Waals surface area contributed by atoms with E-state index in [0.29, 0.717) is 13.2 Å². The summed E-state index contributed by atoms with van der Waals surface area (Å²) in [6, 6.07) is 12.4. The molecule has 2 amide bonds. The lowest BCUT2D eigenvalue weighted by Crippen LogP contribution is -2.53. The van der Waals surface area contributed by atoms with Gasteiger partial charge in [0.15, 0.2) is 0 Å². The number of hydrogen-bond donors (Lipinski definition) is 1. The second-order valence-electron chi connectivity index (χ2n) is 8.63. The Labute approximate surface area is 182 Å². The third-order valence-electron chi connectivity index (χ3n) is 6.50. The maximum Gasteiger partial charge on any atom is 0.256 e. The van der Waals surface area contributed by atoms with Crippen molar-refractivity contribution >= 4 is 28.9 Å². The molecule has 5 rings (SSSR count). The smallest absolute Gasteiger partial charge is 0.256 e. The van der Waals surface area contributed by atoms with Gasteiger partial charge in [-0.3, -0.25) is 9.59 Å². The molecule has 0 saturated carbocycles. The van der Waals surface area contributed by atoms with Gasteiger partial charge in [0.1, 0.15) is 6.10 Å². The average molecular weight is 421 g/mol. The molecule has 2 aromatic rings. The first-order valence-corrected chi connectivity index (χ1v) is 10.9. The van der Waals surface area contributed by atoms with Crippen molar-refractivity contribution in [2.24, 2.45) is 0 Å². The van der Waals surface area contributed by atoms with Crippen LogP contribution in [0.3, 0.4) is 0 Å². The number of hydrogen-bond acceptors (Lipinski definition) is 5. The molecule has 31 heavy (non-hydrogen) atoms. The normalized spacial score (nSPS) is 22.5. The molecule has 1 saturated heterocycles. The van der Waals surface area contributed by atoms with Crippen molar-refractivity contribution in [1.82, 2.24) is 5.43 Å². The topological polar surface area (TPSA) is 65.1 Å². The number of ether oxygens (including phenoxy) is 1. The van der Waals surface area contributed by atoms with Gasteiger partial charge in [0, 0.05) is 33.7 Å². The minimum atomic E-state index is -0.394. The van der Waals surface area contributed by atoms with Crippen LogP contribution in [0.1, 0.15) is 32.3 Å². The van der Waals surface area contributed by atoms with Crippen molar-refractivity contribution in [2.75, 3.05) is 35.0 Å². The van der Waals surface area contributed by atoms with Crippen molar-refractivity contribution in [3.63, 3.8) is 0 Å². The Hall–Kier alpha value is -2.90. The van der Waals surface area contributed by atoms with Gasteiger partial charge in [-0.05, 0) is 60.7 Å². The van der Waals surface area contributed by atoms with E-state index in [4.69, 9.17) is 4.74 Å². The molecule has 1 N–H and O–H groups in total. The number of hydrazine groups is 1. The van der Waals surface area contributed by atoms with Gasteiger partial charge in [0.05, 0.1) is 23.1 Å². The summed E-state index contributed by atoms with van der Waals surface area (Å²) in [6.07, 6.45) is 1.26. The summed E-state index contributed by atoms with van der Waals surface area (Å²) in [5.74, 6) is -0.0249. The lowest BCUT2D eigenvalue weighted by molar-refractivity contribution is -0.127. The fraction of sp³-hybridized carbons (Fsp3) is 0.417. The fourth-order valence-electron chi connectivity index (χ4n) is 4.96. The van der Waals surface area contributed by atoms with E-state index in [2.05, 4.69) is 23.6 Å². The number of anilines is 3. The van der Waals surface area contributed by atoms with E-state index in [1.807, 2.05) is 42.1 Å². The first-order valence-electron chi connectivity index (χ1n) is 10.9. The molecule has 162 valence electrons. The van der Waals surface area contributed by atoms with Crippen LogP contribution >= 0.6 is 0 Å². The van der Waals surface area contributed by atoms with Crippen LogP contribution in [0.15, 0.2) is 36.4 Å². The third-order valence-corrected chi connectivity index (χ3v) is 6.50. The molecule has 3 heterocycles. The van der Waals surface area contributed by atoms with Crippen LogP contribution in [-0.2, 0) is 20.9 Å². The van der Waals surface area contributed by atoms with Crippen LogP contribution in [0.5, 0.6) is 0 Å². The zero-order chi connectivity index (χ0) is 21.7. The monoisotopic (exact) mass is 420 g/mol. The Bertz CT molecular complexity index is 1050. The van der Waals surface area contributed by atoms with Crippen LogP contribution in [0.25, 0.3) is 11.1 Å². The highest BCUT2D eigenvalue weighted by Crippen LogP contribution is 2.40. The number of benzene rings is 2. The second-order valence-corrected chi connectivity index (χ2v) is 8.63. The number of nitrogens with one attached hydrogen (secondary N) is 1. The molecule has 2 aromatic carbocycles. The Morgan fingerprint density at radius 1 is 1.06 bits per heavy atom. The quantitative estimate of drug-likeness (QED) is 0.809. The zero-order valence-corrected chi connectivity index (χ0v) is 18.2. The molecule has 1 fully saturated rings. The Kier molecular flexibility index (Phi) is 4.95. The van der Waals surface area contributed by atoms with E-state index in [-0.39, 0.29) is 17.9 Å². The molecule has 0 bridgehead atoms. The predicted molar refractivity (Wildman–Crippen MR) is 121 cm³/mol. The van der Waals surface area contributed by atoms with Gasteiger partial charge in [-0.15, -0.1) is 0 Å². The summed E-state index contributed by atoms with van der Waals surface area (Å²) in [4.78, 5) is 29.3. The lowest BCUT2D eigenvalue weighted by Gasteiger charge is -2.41. The van der Waals surface area contributed by atoms with Gasteiger partial charge in [-0.2, -0.15) is 0 Å². The number of nitrogens with zero attached hydrogens (tertiary/aromatic N) is 3. The van der Waals surface area contributed by atoms with Gasteiger partial charge in [0.25, 0.3) is 5.91 Å². The van der Waals surface area contributed by atoms with Crippen molar-refractivity contribution in [1.29, 1.82) is 0 Å². The summed E-state index contributed by atoms with van der Waals surface area (Å²) in [6.45, 7) is 5.45. The van der Waals surface area contributed by atoms with Crippen LogP contribution in [-0.4, -0.2) is 44.2 Å². The van der Waals surface area contributed by atoms with Crippen molar-refractivity contribution in [3.05, 3.63) is 42.0 Å². The number of amides is 2. The van der Waals surface area contributed by atoms with E-state index in [1.165, 1.54) is 11.3 Å². The number of carbonyl (C=O) groups excluding carboxylic acids is 2. The third kappa shape index (κ3) is 3.38. The zero-order valence-electron chi connectivity index (χ0n) is 18.2. The summed E-state index contributed by atoms with van der Waals surface area (Å²) >= 11 is 0. The highest BCUT2D eigenvalue weighted by Gasteiger charge is 2.37. The molecular weight excluding hydrogens is 392 g/mol. The molecule has 2 unspecified atom stereocenters. The minimum absolute atomic E-state index is 0.00858. The first kappa shape index (κ1) is 20.0. The Morgan fingerprint density at radius 3 is 2.52 bits per heavy atom. The summed E-state index contributed by atoms with van der Waals surface area (Å²) < 4.78 is 5.68. The number of rotatable bonds is 2. The average Bonchev–Trinajstić information content (AvgIpc) is 3.42. The molecular formula is C24H28N4O3. The maximum absolute atomic E-state index is 13.3.